The lowest BCUT2D eigenvalue weighted by Crippen LogP contribution is -2.28. The van der Waals surface area contributed by atoms with Gasteiger partial charge in [-0.3, -0.25) is 4.79 Å². The van der Waals surface area contributed by atoms with E-state index in [0.29, 0.717) is 4.68 Å². The Morgan fingerprint density at radius 1 is 1.17 bits per heavy atom. The predicted molar refractivity (Wildman–Crippen MR) is 82.9 cm³/mol. The Morgan fingerprint density at radius 3 is 2.62 bits per heavy atom. The fourth-order valence-corrected chi connectivity index (χ4v) is 2.39. The number of nitrogens with one attached hydrogen (secondary N) is 1. The fraction of sp³-hybridized carbons (Fsp3) is 0.188. The van der Waals surface area contributed by atoms with Crippen LogP contribution in [0.3, 0.4) is 0 Å². The molecule has 0 fully saturated rings. The van der Waals surface area contributed by atoms with Crippen LogP contribution in [0.1, 0.15) is 35.6 Å². The van der Waals surface area contributed by atoms with Crippen molar-refractivity contribution in [2.45, 2.75) is 19.5 Å². The number of carbonyl (C=O) groups excluding carboxylic acids is 1. The van der Waals surface area contributed by atoms with E-state index >= 15 is 0 Å². The summed E-state index contributed by atoms with van der Waals surface area (Å²) in [5.74, 6) is -0.517. The summed E-state index contributed by atoms with van der Waals surface area (Å²) in [6, 6.07) is 10.2. The van der Waals surface area contributed by atoms with Crippen molar-refractivity contribution >= 4 is 5.91 Å². The zero-order chi connectivity index (χ0) is 17.1. The highest BCUT2D eigenvalue weighted by atomic mass is 19.3. The summed E-state index contributed by atoms with van der Waals surface area (Å²) < 4.78 is 27.2. The average Bonchev–Trinajstić information content (AvgIpc) is 3.26. The normalized spacial score (nSPS) is 12.3. The van der Waals surface area contributed by atoms with E-state index in [9.17, 15) is 13.6 Å². The van der Waals surface area contributed by atoms with Crippen LogP contribution < -0.4 is 5.32 Å². The number of hydrogen-bond acceptors (Lipinski definition) is 3. The smallest absolute Gasteiger partial charge is 0.333 e. The lowest BCUT2D eigenvalue weighted by Gasteiger charge is -2.17. The van der Waals surface area contributed by atoms with Crippen LogP contribution >= 0.6 is 0 Å². The molecule has 0 aliphatic carbocycles. The van der Waals surface area contributed by atoms with Gasteiger partial charge in [-0.05, 0) is 30.7 Å². The molecular weight excluding hydrogens is 316 g/mol. The second kappa shape index (κ2) is 6.61. The molecule has 0 spiro atoms. The summed E-state index contributed by atoms with van der Waals surface area (Å²) >= 11 is 0. The minimum Gasteiger partial charge on any atom is -0.344 e. The van der Waals surface area contributed by atoms with E-state index in [4.69, 9.17) is 0 Å². The molecule has 3 rings (SSSR count). The lowest BCUT2D eigenvalue weighted by molar-refractivity contribution is 0.0559. The highest BCUT2D eigenvalue weighted by Crippen LogP contribution is 2.21. The van der Waals surface area contributed by atoms with Crippen LogP contribution in [0.4, 0.5) is 8.78 Å². The van der Waals surface area contributed by atoms with Gasteiger partial charge in [0.05, 0.1) is 11.7 Å². The maximum absolute atomic E-state index is 12.5. The largest absolute Gasteiger partial charge is 0.344 e. The molecule has 0 aliphatic rings. The van der Waals surface area contributed by atoms with Gasteiger partial charge in [0.15, 0.2) is 0 Å². The first kappa shape index (κ1) is 15.9. The summed E-state index contributed by atoms with van der Waals surface area (Å²) in [6.45, 7) is -0.964. The SMILES string of the molecule is CC(NC(=O)c1ccn(C(F)F)n1)c1ccccc1-n1cccn1. The van der Waals surface area contributed by atoms with E-state index in [1.807, 2.05) is 31.2 Å². The van der Waals surface area contributed by atoms with Crippen molar-refractivity contribution in [2.24, 2.45) is 0 Å². The van der Waals surface area contributed by atoms with Crippen LogP contribution in [0, 0.1) is 0 Å². The van der Waals surface area contributed by atoms with E-state index < -0.39 is 12.5 Å². The molecule has 1 N–H and O–H groups in total. The van der Waals surface area contributed by atoms with Gasteiger partial charge in [0.2, 0.25) is 0 Å². The van der Waals surface area contributed by atoms with Gasteiger partial charge in [-0.2, -0.15) is 19.0 Å². The molecular formula is C16H15F2N5O. The summed E-state index contributed by atoms with van der Waals surface area (Å²) in [7, 11) is 0. The number of halogens is 2. The molecule has 8 heteroatoms. The molecule has 24 heavy (non-hydrogen) atoms. The number of para-hydroxylation sites is 1. The van der Waals surface area contributed by atoms with Crippen molar-refractivity contribution in [3.8, 4) is 5.69 Å². The Kier molecular flexibility index (Phi) is 4.37. The quantitative estimate of drug-likeness (QED) is 0.782. The van der Waals surface area contributed by atoms with Crippen LogP contribution in [0.25, 0.3) is 5.69 Å². The predicted octanol–water partition coefficient (Wildman–Crippen LogP) is 2.95. The number of benzene rings is 1. The van der Waals surface area contributed by atoms with Crippen molar-refractivity contribution < 1.29 is 13.6 Å². The molecule has 1 amide bonds. The molecule has 0 saturated carbocycles. The van der Waals surface area contributed by atoms with Gasteiger partial charge in [-0.1, -0.05) is 18.2 Å². The Hall–Kier alpha value is -3.03. The summed E-state index contributed by atoms with van der Waals surface area (Å²) in [6.07, 6.45) is 4.54. The number of rotatable bonds is 5. The highest BCUT2D eigenvalue weighted by molar-refractivity contribution is 5.92. The van der Waals surface area contributed by atoms with Crippen molar-refractivity contribution in [2.75, 3.05) is 0 Å². The standard InChI is InChI=1S/C16H15F2N5O/c1-11(20-15(24)13-7-10-23(21-13)16(17)18)12-5-2-3-6-14(12)22-9-4-8-19-22/h2-11,16H,1H3,(H,20,24). The Labute approximate surface area is 136 Å². The number of carbonyl (C=O) groups is 1. The van der Waals surface area contributed by atoms with Crippen molar-refractivity contribution in [1.29, 1.82) is 0 Å². The Morgan fingerprint density at radius 2 is 1.96 bits per heavy atom. The van der Waals surface area contributed by atoms with Gasteiger partial charge in [-0.15, -0.1) is 0 Å². The summed E-state index contributed by atoms with van der Waals surface area (Å²) in [5, 5.41) is 10.5. The third kappa shape index (κ3) is 3.17. The number of nitrogens with zero attached hydrogens (tertiary/aromatic N) is 4. The van der Waals surface area contributed by atoms with Crippen LogP contribution in [0.2, 0.25) is 0 Å². The van der Waals surface area contributed by atoms with Crippen molar-refractivity contribution in [3.05, 3.63) is 66.2 Å². The first-order valence-corrected chi connectivity index (χ1v) is 7.29. The average molecular weight is 331 g/mol. The molecule has 0 saturated heterocycles. The molecule has 124 valence electrons. The van der Waals surface area contributed by atoms with Gasteiger partial charge < -0.3 is 5.32 Å². The van der Waals surface area contributed by atoms with E-state index in [0.717, 1.165) is 17.4 Å². The van der Waals surface area contributed by atoms with E-state index in [-0.39, 0.29) is 11.7 Å². The Balaban J connectivity index is 1.80. The van der Waals surface area contributed by atoms with Crippen LogP contribution in [-0.2, 0) is 0 Å². The molecule has 1 aromatic carbocycles. The van der Waals surface area contributed by atoms with Gasteiger partial charge >= 0.3 is 6.55 Å². The molecule has 2 heterocycles. The zero-order valence-corrected chi connectivity index (χ0v) is 12.8. The van der Waals surface area contributed by atoms with Crippen LogP contribution in [0.15, 0.2) is 55.0 Å². The monoisotopic (exact) mass is 331 g/mol. The van der Waals surface area contributed by atoms with E-state index in [1.54, 1.807) is 23.1 Å². The van der Waals surface area contributed by atoms with Gasteiger partial charge in [-0.25, -0.2) is 9.36 Å². The Bertz CT molecular complexity index is 829. The van der Waals surface area contributed by atoms with Crippen LogP contribution in [0.5, 0.6) is 0 Å². The van der Waals surface area contributed by atoms with Gasteiger partial charge in [0.25, 0.3) is 5.91 Å². The van der Waals surface area contributed by atoms with Gasteiger partial charge in [0, 0.05) is 18.6 Å². The lowest BCUT2D eigenvalue weighted by atomic mass is 10.1. The van der Waals surface area contributed by atoms with E-state index in [2.05, 4.69) is 15.5 Å². The zero-order valence-electron chi connectivity index (χ0n) is 12.8. The number of amides is 1. The summed E-state index contributed by atoms with van der Waals surface area (Å²) in [5.41, 5.74) is 1.62. The molecule has 1 unspecified atom stereocenters. The molecule has 1 atom stereocenters. The second-order valence-electron chi connectivity index (χ2n) is 5.16. The number of alkyl halides is 2. The second-order valence-corrected chi connectivity index (χ2v) is 5.16. The minimum absolute atomic E-state index is 0.0567. The number of aromatic nitrogens is 4. The van der Waals surface area contributed by atoms with Crippen LogP contribution in [-0.4, -0.2) is 25.5 Å². The van der Waals surface area contributed by atoms with Crippen molar-refractivity contribution in [1.82, 2.24) is 24.9 Å². The van der Waals surface area contributed by atoms with E-state index in [1.165, 1.54) is 6.07 Å². The molecule has 0 bridgehead atoms. The molecule has 0 radical (unpaired) electrons. The minimum atomic E-state index is -2.77. The maximum atomic E-state index is 12.5. The molecule has 2 aromatic heterocycles. The third-order valence-corrected chi connectivity index (χ3v) is 3.54. The van der Waals surface area contributed by atoms with Crippen molar-refractivity contribution in [3.63, 3.8) is 0 Å². The number of hydrogen-bond donors (Lipinski definition) is 1. The fourth-order valence-electron chi connectivity index (χ4n) is 2.39. The summed E-state index contributed by atoms with van der Waals surface area (Å²) in [4.78, 5) is 12.2. The third-order valence-electron chi connectivity index (χ3n) is 3.54. The maximum Gasteiger partial charge on any atom is 0.333 e. The van der Waals surface area contributed by atoms with Gasteiger partial charge in [0.1, 0.15) is 5.69 Å². The molecule has 3 aromatic rings. The molecule has 0 aliphatic heterocycles. The first-order valence-electron chi connectivity index (χ1n) is 7.29. The topological polar surface area (TPSA) is 64.7 Å². The molecule has 6 nitrogen and oxygen atoms in total. The highest BCUT2D eigenvalue weighted by Gasteiger charge is 2.18. The first-order chi connectivity index (χ1) is 11.6.